The van der Waals surface area contributed by atoms with Gasteiger partial charge in [-0.05, 0) is 30.9 Å². The van der Waals surface area contributed by atoms with E-state index in [0.717, 1.165) is 12.8 Å². The molecular formula is C12H21N3O3S. The summed E-state index contributed by atoms with van der Waals surface area (Å²) >= 11 is 0. The number of nitrogens with zero attached hydrogens (tertiary/aromatic N) is 1. The molecule has 0 amide bonds. The van der Waals surface area contributed by atoms with E-state index in [-0.39, 0.29) is 23.2 Å². The predicted molar refractivity (Wildman–Crippen MR) is 73.9 cm³/mol. The molecule has 1 unspecified atom stereocenters. The summed E-state index contributed by atoms with van der Waals surface area (Å²) in [6.07, 6.45) is 3.66. The van der Waals surface area contributed by atoms with Crippen molar-refractivity contribution < 1.29 is 13.5 Å². The molecule has 19 heavy (non-hydrogen) atoms. The summed E-state index contributed by atoms with van der Waals surface area (Å²) in [6, 6.07) is 2.87. The van der Waals surface area contributed by atoms with Gasteiger partial charge >= 0.3 is 0 Å². The summed E-state index contributed by atoms with van der Waals surface area (Å²) in [4.78, 5) is 3.86. The molecule has 1 rings (SSSR count). The van der Waals surface area contributed by atoms with E-state index in [9.17, 15) is 8.42 Å². The Labute approximate surface area is 114 Å². The number of nitrogens with two attached hydrogens (primary N) is 1. The van der Waals surface area contributed by atoms with Crippen molar-refractivity contribution >= 4 is 15.8 Å². The lowest BCUT2D eigenvalue weighted by molar-refractivity contribution is 0.251. The van der Waals surface area contributed by atoms with Crippen molar-refractivity contribution in [3.63, 3.8) is 0 Å². The first-order valence-corrected chi connectivity index (χ1v) is 7.80. The van der Waals surface area contributed by atoms with Crippen LogP contribution in [0.2, 0.25) is 0 Å². The summed E-state index contributed by atoms with van der Waals surface area (Å²) < 4.78 is 26.5. The smallest absolute Gasteiger partial charge is 0.242 e. The maximum Gasteiger partial charge on any atom is 0.242 e. The van der Waals surface area contributed by atoms with E-state index < -0.39 is 10.0 Å². The third-order valence-corrected chi connectivity index (χ3v) is 4.27. The molecule has 0 aromatic carbocycles. The van der Waals surface area contributed by atoms with Crippen LogP contribution in [0, 0.1) is 5.92 Å². The number of nitrogen functional groups attached to an aromatic ring is 1. The van der Waals surface area contributed by atoms with Gasteiger partial charge in [-0.1, -0.05) is 13.3 Å². The number of aliphatic hydroxyl groups excluding tert-OH is 1. The number of nitrogens with one attached hydrogen (secondary N) is 1. The second-order valence-electron chi connectivity index (χ2n) is 4.44. The molecule has 0 aliphatic carbocycles. The fraction of sp³-hybridized carbons (Fsp3) is 0.583. The normalized spacial score (nSPS) is 13.4. The summed E-state index contributed by atoms with van der Waals surface area (Å²) in [5.41, 5.74) is 5.42. The Morgan fingerprint density at radius 1 is 1.42 bits per heavy atom. The highest BCUT2D eigenvalue weighted by atomic mass is 32.2. The Morgan fingerprint density at radius 3 is 2.68 bits per heavy atom. The van der Waals surface area contributed by atoms with Gasteiger partial charge in [0.05, 0.1) is 0 Å². The number of aliphatic hydroxyl groups is 1. The number of aromatic nitrogens is 1. The van der Waals surface area contributed by atoms with Gasteiger partial charge in [-0.2, -0.15) is 0 Å². The van der Waals surface area contributed by atoms with Crippen LogP contribution in [0.15, 0.2) is 23.2 Å². The fourth-order valence-electron chi connectivity index (χ4n) is 1.80. The highest BCUT2D eigenvalue weighted by Gasteiger charge is 2.16. The van der Waals surface area contributed by atoms with Gasteiger partial charge in [0.2, 0.25) is 10.0 Å². The van der Waals surface area contributed by atoms with Crippen molar-refractivity contribution in [2.24, 2.45) is 5.92 Å². The van der Waals surface area contributed by atoms with E-state index in [1.807, 2.05) is 6.92 Å². The molecule has 1 aromatic heterocycles. The fourth-order valence-corrected chi connectivity index (χ4v) is 2.86. The van der Waals surface area contributed by atoms with Crippen molar-refractivity contribution in [2.45, 2.75) is 31.1 Å². The van der Waals surface area contributed by atoms with Crippen molar-refractivity contribution in [3.8, 4) is 0 Å². The van der Waals surface area contributed by atoms with Gasteiger partial charge in [0.1, 0.15) is 10.7 Å². The van der Waals surface area contributed by atoms with Gasteiger partial charge in [0, 0.05) is 19.3 Å². The summed E-state index contributed by atoms with van der Waals surface area (Å²) in [5, 5.41) is 8.94. The first kappa shape index (κ1) is 15.9. The van der Waals surface area contributed by atoms with Gasteiger partial charge in [-0.3, -0.25) is 0 Å². The zero-order chi connectivity index (χ0) is 14.3. The lowest BCUT2D eigenvalue weighted by Gasteiger charge is -2.15. The number of anilines is 1. The van der Waals surface area contributed by atoms with Crippen LogP contribution in [-0.2, 0) is 10.0 Å². The number of rotatable bonds is 8. The second kappa shape index (κ2) is 7.42. The molecule has 0 aliphatic rings. The SMILES string of the molecule is CCCC(CCO)CNS(=O)(=O)c1ccc(N)nc1. The zero-order valence-electron chi connectivity index (χ0n) is 11.0. The van der Waals surface area contributed by atoms with E-state index in [1.165, 1.54) is 18.3 Å². The van der Waals surface area contributed by atoms with Gasteiger partial charge in [-0.25, -0.2) is 18.1 Å². The van der Waals surface area contributed by atoms with Gasteiger partial charge < -0.3 is 10.8 Å². The van der Waals surface area contributed by atoms with Crippen molar-refractivity contribution in [3.05, 3.63) is 18.3 Å². The molecule has 0 saturated carbocycles. The van der Waals surface area contributed by atoms with Crippen LogP contribution in [-0.4, -0.2) is 31.7 Å². The number of pyridine rings is 1. The molecule has 0 bridgehead atoms. The minimum absolute atomic E-state index is 0.0653. The number of sulfonamides is 1. The van der Waals surface area contributed by atoms with Crippen molar-refractivity contribution in [2.75, 3.05) is 18.9 Å². The van der Waals surface area contributed by atoms with Gasteiger partial charge in [0.25, 0.3) is 0 Å². The predicted octanol–water partition coefficient (Wildman–Crippen LogP) is 0.741. The molecule has 7 heteroatoms. The molecule has 1 atom stereocenters. The Hall–Kier alpha value is -1.18. The monoisotopic (exact) mass is 287 g/mol. The molecular weight excluding hydrogens is 266 g/mol. The van der Waals surface area contributed by atoms with Crippen LogP contribution < -0.4 is 10.5 Å². The maximum absolute atomic E-state index is 12.0. The molecule has 0 radical (unpaired) electrons. The van der Waals surface area contributed by atoms with Crippen LogP contribution in [0.25, 0.3) is 0 Å². The highest BCUT2D eigenvalue weighted by molar-refractivity contribution is 7.89. The lowest BCUT2D eigenvalue weighted by Crippen LogP contribution is -2.30. The lowest BCUT2D eigenvalue weighted by atomic mass is 10.0. The van der Waals surface area contributed by atoms with E-state index >= 15 is 0 Å². The summed E-state index contributed by atoms with van der Waals surface area (Å²) in [7, 11) is -3.56. The zero-order valence-corrected chi connectivity index (χ0v) is 11.9. The quantitative estimate of drug-likeness (QED) is 0.654. The largest absolute Gasteiger partial charge is 0.396 e. The molecule has 0 saturated heterocycles. The van der Waals surface area contributed by atoms with Crippen LogP contribution in [0.1, 0.15) is 26.2 Å². The number of hydrogen-bond donors (Lipinski definition) is 3. The minimum Gasteiger partial charge on any atom is -0.396 e. The van der Waals surface area contributed by atoms with Gasteiger partial charge in [0.15, 0.2) is 0 Å². The third-order valence-electron chi connectivity index (χ3n) is 2.87. The molecule has 1 heterocycles. The first-order valence-electron chi connectivity index (χ1n) is 6.31. The van der Waals surface area contributed by atoms with E-state index in [0.29, 0.717) is 13.0 Å². The molecule has 0 fully saturated rings. The molecule has 6 nitrogen and oxygen atoms in total. The summed E-state index contributed by atoms with van der Waals surface area (Å²) in [6.45, 7) is 2.42. The van der Waals surface area contributed by atoms with Crippen LogP contribution >= 0.6 is 0 Å². The molecule has 0 aliphatic heterocycles. The Morgan fingerprint density at radius 2 is 2.16 bits per heavy atom. The average molecular weight is 287 g/mol. The average Bonchev–Trinajstić information content (AvgIpc) is 2.37. The minimum atomic E-state index is -3.56. The highest BCUT2D eigenvalue weighted by Crippen LogP contribution is 2.13. The maximum atomic E-state index is 12.0. The Bertz CT molecular complexity index is 467. The second-order valence-corrected chi connectivity index (χ2v) is 6.20. The first-order chi connectivity index (χ1) is 8.99. The molecule has 0 spiro atoms. The van der Waals surface area contributed by atoms with Crippen LogP contribution in [0.5, 0.6) is 0 Å². The van der Waals surface area contributed by atoms with Gasteiger partial charge in [-0.15, -0.1) is 0 Å². The third kappa shape index (κ3) is 5.14. The molecule has 1 aromatic rings. The van der Waals surface area contributed by atoms with Crippen LogP contribution in [0.4, 0.5) is 5.82 Å². The number of hydrogen-bond acceptors (Lipinski definition) is 5. The molecule has 4 N–H and O–H groups in total. The topological polar surface area (TPSA) is 105 Å². The Kier molecular flexibility index (Phi) is 6.20. The molecule has 108 valence electrons. The standard InChI is InChI=1S/C12H21N3O3S/c1-2-3-10(6-7-16)8-15-19(17,18)11-4-5-12(13)14-9-11/h4-5,9-10,15-16H,2-3,6-8H2,1H3,(H2,13,14). The van der Waals surface area contributed by atoms with Crippen molar-refractivity contribution in [1.82, 2.24) is 9.71 Å². The Balaban J connectivity index is 2.66. The van der Waals surface area contributed by atoms with E-state index in [1.54, 1.807) is 0 Å². The van der Waals surface area contributed by atoms with Crippen LogP contribution in [0.3, 0.4) is 0 Å². The summed E-state index contributed by atoms with van der Waals surface area (Å²) in [5.74, 6) is 0.426. The van der Waals surface area contributed by atoms with Crippen molar-refractivity contribution in [1.29, 1.82) is 0 Å². The van der Waals surface area contributed by atoms with E-state index in [4.69, 9.17) is 10.8 Å². The van der Waals surface area contributed by atoms with E-state index in [2.05, 4.69) is 9.71 Å².